The summed E-state index contributed by atoms with van der Waals surface area (Å²) in [7, 11) is -2.20. The first-order valence-electron chi connectivity index (χ1n) is 4.77. The average Bonchev–Trinajstić information content (AvgIpc) is 2.74. The normalized spacial score (nSPS) is 11.2. The van der Waals surface area contributed by atoms with Gasteiger partial charge in [0.25, 0.3) is 16.0 Å². The van der Waals surface area contributed by atoms with Crippen molar-refractivity contribution < 1.29 is 13.2 Å². The van der Waals surface area contributed by atoms with Gasteiger partial charge in [-0.05, 0) is 24.3 Å². The molecule has 0 saturated heterocycles. The van der Waals surface area contributed by atoms with Crippen molar-refractivity contribution in [3.05, 3.63) is 24.3 Å². The van der Waals surface area contributed by atoms with Crippen LogP contribution in [0.1, 0.15) is 0 Å². The van der Waals surface area contributed by atoms with E-state index in [2.05, 4.69) is 14.1 Å². The summed E-state index contributed by atoms with van der Waals surface area (Å²) in [5, 5.41) is 0.197. The summed E-state index contributed by atoms with van der Waals surface area (Å²) in [6.45, 7) is 0. The monoisotopic (exact) mass is 286 g/mol. The lowest BCUT2D eigenvalue weighted by atomic mass is 10.3. The van der Waals surface area contributed by atoms with Gasteiger partial charge in [0, 0.05) is 11.5 Å². The van der Waals surface area contributed by atoms with Crippen LogP contribution in [0.5, 0.6) is 5.75 Å². The third-order valence-electron chi connectivity index (χ3n) is 2.04. The van der Waals surface area contributed by atoms with Gasteiger partial charge in [-0.1, -0.05) is 0 Å². The largest absolute Gasteiger partial charge is 0.497 e. The molecule has 96 valence electrons. The number of nitrogens with one attached hydrogen (secondary N) is 1. The lowest BCUT2D eigenvalue weighted by Gasteiger charge is -2.05. The molecule has 0 fully saturated rings. The number of rotatable bonds is 4. The van der Waals surface area contributed by atoms with Gasteiger partial charge in [-0.2, -0.15) is 9.36 Å². The van der Waals surface area contributed by atoms with E-state index in [1.807, 2.05) is 0 Å². The van der Waals surface area contributed by atoms with Gasteiger partial charge < -0.3 is 10.5 Å². The third-order valence-corrected chi connectivity index (χ3v) is 3.92. The van der Waals surface area contributed by atoms with Gasteiger partial charge in [0.2, 0.25) is 5.13 Å². The Kier molecular flexibility index (Phi) is 3.34. The van der Waals surface area contributed by atoms with Gasteiger partial charge in [0.1, 0.15) is 5.75 Å². The number of ether oxygens (including phenoxy) is 1. The van der Waals surface area contributed by atoms with Crippen LogP contribution in [0.3, 0.4) is 0 Å². The van der Waals surface area contributed by atoms with Crippen molar-refractivity contribution in [1.29, 1.82) is 0 Å². The molecule has 1 aromatic carbocycles. The summed E-state index contributed by atoms with van der Waals surface area (Å²) in [5.74, 6) is 0.540. The maximum absolute atomic E-state index is 11.9. The summed E-state index contributed by atoms with van der Waals surface area (Å²) < 4.78 is 34.8. The minimum atomic E-state index is -3.70. The maximum atomic E-state index is 11.9. The molecule has 0 aliphatic heterocycles. The van der Waals surface area contributed by atoms with Crippen LogP contribution >= 0.6 is 11.5 Å². The summed E-state index contributed by atoms with van der Waals surface area (Å²) in [4.78, 5) is 3.82. The van der Waals surface area contributed by atoms with E-state index in [1.54, 1.807) is 12.1 Å². The summed E-state index contributed by atoms with van der Waals surface area (Å²) in [6.07, 6.45) is 0. The molecule has 9 heteroatoms. The summed E-state index contributed by atoms with van der Waals surface area (Å²) >= 11 is 0.916. The van der Waals surface area contributed by atoms with Crippen LogP contribution in [-0.4, -0.2) is 24.9 Å². The lowest BCUT2D eigenvalue weighted by Crippen LogP contribution is -2.13. The highest BCUT2D eigenvalue weighted by Gasteiger charge is 2.16. The molecule has 0 saturated carbocycles. The number of nitrogen functional groups attached to an aromatic ring is 1. The van der Waals surface area contributed by atoms with Crippen molar-refractivity contribution in [2.75, 3.05) is 17.6 Å². The quantitative estimate of drug-likeness (QED) is 0.865. The predicted molar refractivity (Wildman–Crippen MR) is 68.1 cm³/mol. The molecule has 3 N–H and O–H groups in total. The molecule has 18 heavy (non-hydrogen) atoms. The molecule has 0 spiro atoms. The van der Waals surface area contributed by atoms with Gasteiger partial charge in [-0.3, -0.25) is 0 Å². The first-order chi connectivity index (χ1) is 8.51. The zero-order valence-corrected chi connectivity index (χ0v) is 11.0. The fourth-order valence-electron chi connectivity index (χ4n) is 1.21. The fraction of sp³-hybridized carbons (Fsp3) is 0.111. The van der Waals surface area contributed by atoms with Crippen LogP contribution in [0, 0.1) is 0 Å². The molecule has 0 unspecified atom stereocenters. The first kappa shape index (κ1) is 12.6. The molecular formula is C9H10N4O3S2. The second-order valence-electron chi connectivity index (χ2n) is 3.24. The Bertz CT molecular complexity index is 636. The maximum Gasteiger partial charge on any atom is 0.264 e. The molecule has 0 aliphatic carbocycles. The van der Waals surface area contributed by atoms with Crippen molar-refractivity contribution >= 4 is 32.6 Å². The van der Waals surface area contributed by atoms with Crippen molar-refractivity contribution in [1.82, 2.24) is 9.36 Å². The smallest absolute Gasteiger partial charge is 0.264 e. The Labute approximate surface area is 108 Å². The average molecular weight is 286 g/mol. The second kappa shape index (κ2) is 4.78. The van der Waals surface area contributed by atoms with Crippen LogP contribution in [0.25, 0.3) is 0 Å². The second-order valence-corrected chi connectivity index (χ2v) is 5.70. The van der Waals surface area contributed by atoms with E-state index >= 15 is 0 Å². The van der Waals surface area contributed by atoms with E-state index in [1.165, 1.54) is 19.2 Å². The number of methoxy groups -OCH3 is 1. The van der Waals surface area contributed by atoms with Gasteiger partial charge in [-0.25, -0.2) is 13.1 Å². The standard InChI is InChI=1S/C9H10N4O3S2/c1-16-6-2-4-7(5-3-6)18(14,15)13-9-11-8(10)17-12-9/h2-5H,1H3,(H3,10,11,12,13). The van der Waals surface area contributed by atoms with E-state index in [0.717, 1.165) is 11.5 Å². The van der Waals surface area contributed by atoms with Crippen LogP contribution in [0.2, 0.25) is 0 Å². The van der Waals surface area contributed by atoms with Crippen molar-refractivity contribution in [2.24, 2.45) is 0 Å². The molecule has 0 amide bonds. The Morgan fingerprint density at radius 1 is 1.33 bits per heavy atom. The van der Waals surface area contributed by atoms with Crippen molar-refractivity contribution in [2.45, 2.75) is 4.90 Å². The van der Waals surface area contributed by atoms with Gasteiger partial charge in [-0.15, -0.1) is 0 Å². The molecule has 0 atom stereocenters. The fourth-order valence-corrected chi connectivity index (χ4v) is 2.61. The first-order valence-corrected chi connectivity index (χ1v) is 7.03. The predicted octanol–water partition coefficient (Wildman–Crippen LogP) is 0.930. The highest BCUT2D eigenvalue weighted by molar-refractivity contribution is 7.92. The Morgan fingerprint density at radius 3 is 2.50 bits per heavy atom. The highest BCUT2D eigenvalue weighted by Crippen LogP contribution is 2.18. The Morgan fingerprint density at radius 2 is 2.00 bits per heavy atom. The molecule has 2 rings (SSSR count). The van der Waals surface area contributed by atoms with Crippen molar-refractivity contribution in [3.8, 4) is 5.75 Å². The topological polar surface area (TPSA) is 107 Å². The van der Waals surface area contributed by atoms with Crippen LogP contribution in [0.15, 0.2) is 29.2 Å². The zero-order chi connectivity index (χ0) is 13.2. The SMILES string of the molecule is COc1ccc(S(=O)(=O)Nc2nsc(N)n2)cc1. The third kappa shape index (κ3) is 2.68. The van der Waals surface area contributed by atoms with E-state index < -0.39 is 10.0 Å². The molecule has 7 nitrogen and oxygen atoms in total. The van der Waals surface area contributed by atoms with E-state index in [9.17, 15) is 8.42 Å². The number of sulfonamides is 1. The molecule has 1 aromatic heterocycles. The number of benzene rings is 1. The minimum Gasteiger partial charge on any atom is -0.497 e. The summed E-state index contributed by atoms with van der Waals surface area (Å²) in [6, 6.07) is 5.96. The van der Waals surface area contributed by atoms with Crippen LogP contribution in [0.4, 0.5) is 11.1 Å². The van der Waals surface area contributed by atoms with Gasteiger partial charge in [0.15, 0.2) is 0 Å². The van der Waals surface area contributed by atoms with Crippen molar-refractivity contribution in [3.63, 3.8) is 0 Å². The minimum absolute atomic E-state index is 0.0340. The molecule has 0 bridgehead atoms. The van der Waals surface area contributed by atoms with Gasteiger partial charge in [0.05, 0.1) is 12.0 Å². The number of nitrogens with zero attached hydrogens (tertiary/aromatic N) is 2. The highest BCUT2D eigenvalue weighted by atomic mass is 32.2. The molecule has 2 aromatic rings. The van der Waals surface area contributed by atoms with Gasteiger partial charge >= 0.3 is 0 Å². The summed E-state index contributed by atoms with van der Waals surface area (Å²) in [5.41, 5.74) is 5.37. The Hall–Kier alpha value is -1.87. The number of aromatic nitrogens is 2. The van der Waals surface area contributed by atoms with E-state index in [0.29, 0.717) is 5.75 Å². The number of hydrogen-bond donors (Lipinski definition) is 2. The van der Waals surface area contributed by atoms with E-state index in [-0.39, 0.29) is 16.0 Å². The molecular weight excluding hydrogens is 276 g/mol. The molecule has 1 heterocycles. The zero-order valence-electron chi connectivity index (χ0n) is 9.32. The number of hydrogen-bond acceptors (Lipinski definition) is 7. The Balaban J connectivity index is 2.24. The van der Waals surface area contributed by atoms with Crippen LogP contribution in [-0.2, 0) is 10.0 Å². The molecule has 0 radical (unpaired) electrons. The van der Waals surface area contributed by atoms with E-state index in [4.69, 9.17) is 10.5 Å². The van der Waals surface area contributed by atoms with Crippen LogP contribution < -0.4 is 15.2 Å². The number of nitrogens with two attached hydrogens (primary N) is 1. The number of anilines is 2. The lowest BCUT2D eigenvalue weighted by molar-refractivity contribution is 0.414. The molecule has 0 aliphatic rings.